The van der Waals surface area contributed by atoms with Crippen LogP contribution in [0.2, 0.25) is 0 Å². The van der Waals surface area contributed by atoms with Gasteiger partial charge in [-0.15, -0.1) is 0 Å². The van der Waals surface area contributed by atoms with Crippen molar-refractivity contribution < 1.29 is 13.9 Å². The van der Waals surface area contributed by atoms with Gasteiger partial charge in [0, 0.05) is 47.8 Å². The summed E-state index contributed by atoms with van der Waals surface area (Å²) < 4.78 is 28.7. The number of fused-ring (bicyclic) bond motifs is 6. The fraction of sp³-hybridized carbons (Fsp3) is 0.393. The van der Waals surface area contributed by atoms with Crippen molar-refractivity contribution in [2.75, 3.05) is 26.7 Å². The van der Waals surface area contributed by atoms with Gasteiger partial charge in [-0.25, -0.2) is 4.39 Å². The van der Waals surface area contributed by atoms with Gasteiger partial charge in [0.15, 0.2) is 11.5 Å². The largest absolute Gasteiger partial charge is 0.486 e. The lowest BCUT2D eigenvalue weighted by atomic mass is 9.86. The molecular weight excluding hydrogens is 429 g/mol. The van der Waals surface area contributed by atoms with Crippen molar-refractivity contribution in [3.63, 3.8) is 0 Å². The van der Waals surface area contributed by atoms with Crippen molar-refractivity contribution in [1.29, 1.82) is 0 Å². The number of nitrogens with zero attached hydrogens (tertiary/aromatic N) is 3. The van der Waals surface area contributed by atoms with Crippen LogP contribution in [0.25, 0.3) is 21.8 Å². The Labute approximate surface area is 199 Å². The monoisotopic (exact) mass is 459 g/mol. The number of hydrogen-bond donors (Lipinski definition) is 0. The smallest absolute Gasteiger partial charge is 0.171 e. The van der Waals surface area contributed by atoms with Gasteiger partial charge in [-0.1, -0.05) is 0 Å². The number of benzene rings is 2. The summed E-state index contributed by atoms with van der Waals surface area (Å²) in [4.78, 5) is 6.98. The third-order valence-electron chi connectivity index (χ3n) is 7.40. The molecule has 0 amide bonds. The van der Waals surface area contributed by atoms with E-state index >= 15 is 0 Å². The summed E-state index contributed by atoms with van der Waals surface area (Å²) in [5.41, 5.74) is 5.73. The Morgan fingerprint density at radius 1 is 1.12 bits per heavy atom. The quantitative estimate of drug-likeness (QED) is 0.428. The Morgan fingerprint density at radius 2 is 2.00 bits per heavy atom. The van der Waals surface area contributed by atoms with Crippen LogP contribution in [0.15, 0.2) is 42.5 Å². The van der Waals surface area contributed by atoms with E-state index in [4.69, 9.17) is 9.47 Å². The van der Waals surface area contributed by atoms with Crippen molar-refractivity contribution in [3.8, 4) is 11.5 Å². The average Bonchev–Trinajstić information content (AvgIpc) is 3.09. The topological polar surface area (TPSA) is 39.5 Å². The first-order valence-corrected chi connectivity index (χ1v) is 12.1. The number of likely N-dealkylation sites (N-methyl/N-ethyl adjacent to an activating group) is 1. The van der Waals surface area contributed by atoms with E-state index in [1.54, 1.807) is 12.1 Å². The molecule has 3 heterocycles. The van der Waals surface area contributed by atoms with Crippen LogP contribution in [-0.2, 0) is 19.9 Å². The zero-order valence-corrected chi connectivity index (χ0v) is 20.0. The van der Waals surface area contributed by atoms with Gasteiger partial charge in [-0.3, -0.25) is 4.98 Å². The van der Waals surface area contributed by atoms with Crippen molar-refractivity contribution in [2.45, 2.75) is 32.3 Å². The first kappa shape index (κ1) is 21.4. The third-order valence-corrected chi connectivity index (χ3v) is 7.40. The number of aromatic nitrogens is 2. The number of halogens is 1. The highest BCUT2D eigenvalue weighted by atomic mass is 19.1. The molecule has 176 valence electrons. The maximum absolute atomic E-state index is 14.0. The summed E-state index contributed by atoms with van der Waals surface area (Å²) in [6, 6.07) is 13.2. The second-order valence-electron chi connectivity index (χ2n) is 9.94. The van der Waals surface area contributed by atoms with Crippen molar-refractivity contribution in [2.24, 2.45) is 13.0 Å². The molecule has 5 nitrogen and oxygen atoms in total. The fourth-order valence-electron chi connectivity index (χ4n) is 5.81. The molecule has 2 atom stereocenters. The molecule has 0 bridgehead atoms. The molecule has 2 aromatic heterocycles. The highest BCUT2D eigenvalue weighted by Crippen LogP contribution is 2.39. The van der Waals surface area contributed by atoms with Crippen LogP contribution < -0.4 is 9.47 Å². The van der Waals surface area contributed by atoms with Crippen LogP contribution in [0.1, 0.15) is 23.4 Å². The van der Waals surface area contributed by atoms with Gasteiger partial charge >= 0.3 is 0 Å². The van der Waals surface area contributed by atoms with E-state index in [0.29, 0.717) is 12.5 Å². The summed E-state index contributed by atoms with van der Waals surface area (Å²) in [5.74, 6) is 1.97. The number of hydrogen-bond acceptors (Lipinski definition) is 4. The van der Waals surface area contributed by atoms with Crippen LogP contribution in [0.4, 0.5) is 4.39 Å². The average molecular weight is 460 g/mol. The minimum absolute atomic E-state index is 0.0322. The predicted octanol–water partition coefficient (Wildman–Crippen LogP) is 5.05. The third kappa shape index (κ3) is 3.70. The number of aryl methyl sites for hydroxylation is 2. The van der Waals surface area contributed by atoms with Crippen LogP contribution >= 0.6 is 0 Å². The van der Waals surface area contributed by atoms with Crippen LogP contribution in [-0.4, -0.2) is 47.3 Å². The van der Waals surface area contributed by atoms with Gasteiger partial charge in [0.25, 0.3) is 0 Å². The normalized spacial score (nSPS) is 19.7. The van der Waals surface area contributed by atoms with Gasteiger partial charge in [-0.05, 0) is 87.2 Å². The summed E-state index contributed by atoms with van der Waals surface area (Å²) in [5, 5.41) is 2.07. The molecule has 34 heavy (non-hydrogen) atoms. The zero-order chi connectivity index (χ0) is 23.4. The second-order valence-corrected chi connectivity index (χ2v) is 9.94. The van der Waals surface area contributed by atoms with E-state index in [9.17, 15) is 4.39 Å². The van der Waals surface area contributed by atoms with Crippen molar-refractivity contribution in [1.82, 2.24) is 14.5 Å². The van der Waals surface area contributed by atoms with E-state index in [2.05, 4.69) is 34.6 Å². The molecule has 0 N–H and O–H groups in total. The molecule has 2 aliphatic rings. The predicted molar refractivity (Wildman–Crippen MR) is 132 cm³/mol. The van der Waals surface area contributed by atoms with E-state index in [1.807, 2.05) is 31.2 Å². The lowest BCUT2D eigenvalue weighted by molar-refractivity contribution is 0.0627. The first-order chi connectivity index (χ1) is 16.5. The highest BCUT2D eigenvalue weighted by molar-refractivity contribution is 5.88. The van der Waals surface area contributed by atoms with Gasteiger partial charge < -0.3 is 18.9 Å². The molecule has 6 rings (SSSR count). The Bertz CT molecular complexity index is 1400. The Hall–Kier alpha value is -3.12. The van der Waals surface area contributed by atoms with E-state index in [1.165, 1.54) is 11.3 Å². The summed E-state index contributed by atoms with van der Waals surface area (Å²) >= 11 is 0. The number of ether oxygens (including phenoxy) is 2. The molecule has 0 radical (unpaired) electrons. The molecule has 2 aromatic carbocycles. The van der Waals surface area contributed by atoms with E-state index in [-0.39, 0.29) is 11.9 Å². The standard InChI is InChI=1S/C28H30FN3O2/c1-17-4-7-21-24(30-17)8-11-27-28(21)34-20(16-33-27)15-31(2)14-18-5-9-25-22(12-18)23-13-19(29)6-10-26(23)32(25)3/h4,6-8,10-11,13,18,20H,5,9,12,14-16H2,1-3H3. The summed E-state index contributed by atoms with van der Waals surface area (Å²) in [6.07, 6.45) is 3.14. The van der Waals surface area contributed by atoms with Crippen LogP contribution in [0, 0.1) is 18.7 Å². The molecule has 0 saturated heterocycles. The van der Waals surface area contributed by atoms with Gasteiger partial charge in [0.05, 0.1) is 5.52 Å². The zero-order valence-electron chi connectivity index (χ0n) is 20.0. The molecule has 4 aromatic rings. The lowest BCUT2D eigenvalue weighted by Gasteiger charge is -2.32. The molecular formula is C28H30FN3O2. The van der Waals surface area contributed by atoms with E-state index in [0.717, 1.165) is 71.4 Å². The molecule has 1 aliphatic heterocycles. The summed E-state index contributed by atoms with van der Waals surface area (Å²) in [7, 11) is 4.26. The van der Waals surface area contributed by atoms with Crippen LogP contribution in [0.5, 0.6) is 11.5 Å². The van der Waals surface area contributed by atoms with Gasteiger partial charge in [0.2, 0.25) is 0 Å². The van der Waals surface area contributed by atoms with E-state index < -0.39 is 0 Å². The molecule has 0 fully saturated rings. The molecule has 2 unspecified atom stereocenters. The minimum atomic E-state index is -0.159. The number of rotatable bonds is 4. The second kappa shape index (κ2) is 8.27. The molecule has 0 saturated carbocycles. The number of pyridine rings is 1. The Kier molecular flexibility index (Phi) is 5.21. The van der Waals surface area contributed by atoms with Crippen molar-refractivity contribution in [3.05, 3.63) is 65.2 Å². The molecule has 6 heteroatoms. The Morgan fingerprint density at radius 3 is 2.88 bits per heavy atom. The maximum atomic E-state index is 14.0. The summed E-state index contributed by atoms with van der Waals surface area (Å²) in [6.45, 7) is 4.31. The van der Waals surface area contributed by atoms with Gasteiger partial charge in [-0.2, -0.15) is 0 Å². The first-order valence-electron chi connectivity index (χ1n) is 12.1. The molecule has 0 spiro atoms. The van der Waals surface area contributed by atoms with Gasteiger partial charge in [0.1, 0.15) is 18.5 Å². The molecule has 1 aliphatic carbocycles. The SMILES string of the molecule is Cc1ccc2c3c(ccc2n1)OCC(CN(C)CC1CCc2c(c4cc(F)ccc4n2C)C1)O3. The Balaban J connectivity index is 1.15. The fourth-order valence-corrected chi connectivity index (χ4v) is 5.81. The van der Waals surface area contributed by atoms with Crippen LogP contribution in [0.3, 0.4) is 0 Å². The maximum Gasteiger partial charge on any atom is 0.171 e. The minimum Gasteiger partial charge on any atom is -0.486 e. The van der Waals surface area contributed by atoms with Crippen molar-refractivity contribution >= 4 is 21.8 Å². The highest BCUT2D eigenvalue weighted by Gasteiger charge is 2.28. The lowest BCUT2D eigenvalue weighted by Crippen LogP contribution is -2.41.